The number of aliphatic carboxylic acids is 1. The maximum Gasteiger partial charge on any atom is 0.307 e. The summed E-state index contributed by atoms with van der Waals surface area (Å²) in [6.45, 7) is 3.47. The van der Waals surface area contributed by atoms with Gasteiger partial charge < -0.3 is 20.3 Å². The molecule has 17 heavy (non-hydrogen) atoms. The van der Waals surface area contributed by atoms with Gasteiger partial charge in [0.15, 0.2) is 0 Å². The fourth-order valence-electron chi connectivity index (χ4n) is 2.22. The molecule has 1 fully saturated rings. The zero-order chi connectivity index (χ0) is 13.2. The fourth-order valence-corrected chi connectivity index (χ4v) is 2.22. The molecule has 0 aliphatic heterocycles. The van der Waals surface area contributed by atoms with Crippen LogP contribution in [0.1, 0.15) is 13.8 Å². The molecule has 3 unspecified atom stereocenters. The van der Waals surface area contributed by atoms with Gasteiger partial charge >= 0.3 is 5.97 Å². The third-order valence-corrected chi connectivity index (χ3v) is 3.31. The number of hydrogen-bond acceptors (Lipinski definition) is 4. The number of carbonyl (C=O) groups excluding carboxylic acids is 1. The number of carbonyl (C=O) groups is 2. The van der Waals surface area contributed by atoms with Crippen LogP contribution in [0.5, 0.6) is 0 Å². The van der Waals surface area contributed by atoms with Gasteiger partial charge in [0.2, 0.25) is 5.91 Å². The number of carboxylic acids is 1. The minimum Gasteiger partial charge on any atom is -0.481 e. The standard InChI is InChI=1S/C11H19NO5/c1-11(2)7(8(11)10(15)16)9(14)12-6(4-13)5-17-3/h6-8,13H,4-5H2,1-3H3,(H,12,14)(H,15,16). The molecule has 0 aromatic heterocycles. The topological polar surface area (TPSA) is 95.9 Å². The van der Waals surface area contributed by atoms with Gasteiger partial charge in [-0.05, 0) is 5.41 Å². The summed E-state index contributed by atoms with van der Waals surface area (Å²) in [6, 6.07) is -0.488. The van der Waals surface area contributed by atoms with Crippen molar-refractivity contribution >= 4 is 11.9 Å². The Morgan fingerprint density at radius 3 is 2.35 bits per heavy atom. The van der Waals surface area contributed by atoms with Gasteiger partial charge in [0, 0.05) is 7.11 Å². The van der Waals surface area contributed by atoms with Crippen LogP contribution in [-0.2, 0) is 14.3 Å². The van der Waals surface area contributed by atoms with E-state index in [4.69, 9.17) is 14.9 Å². The lowest BCUT2D eigenvalue weighted by Gasteiger charge is -2.15. The first-order valence-corrected chi connectivity index (χ1v) is 5.49. The first-order chi connectivity index (χ1) is 7.86. The molecule has 1 aliphatic carbocycles. The SMILES string of the molecule is COCC(CO)NC(=O)C1C(C(=O)O)C1(C)C. The van der Waals surface area contributed by atoms with Crippen LogP contribution in [0.25, 0.3) is 0 Å². The van der Waals surface area contributed by atoms with Crippen molar-refractivity contribution in [3.8, 4) is 0 Å². The number of rotatable bonds is 6. The van der Waals surface area contributed by atoms with Gasteiger partial charge in [0.1, 0.15) is 0 Å². The van der Waals surface area contributed by atoms with Crippen LogP contribution in [0.2, 0.25) is 0 Å². The van der Waals surface area contributed by atoms with E-state index in [-0.39, 0.29) is 19.1 Å². The predicted octanol–water partition coefficient (Wildman–Crippen LogP) is -0.533. The zero-order valence-electron chi connectivity index (χ0n) is 10.3. The Balaban J connectivity index is 2.58. The van der Waals surface area contributed by atoms with E-state index in [9.17, 15) is 9.59 Å². The van der Waals surface area contributed by atoms with Crippen molar-refractivity contribution in [1.29, 1.82) is 0 Å². The first kappa shape index (κ1) is 13.9. The highest BCUT2D eigenvalue weighted by Gasteiger charge is 2.65. The van der Waals surface area contributed by atoms with Crippen LogP contribution < -0.4 is 5.32 Å². The van der Waals surface area contributed by atoms with Crippen molar-refractivity contribution in [2.24, 2.45) is 17.3 Å². The molecule has 6 nitrogen and oxygen atoms in total. The van der Waals surface area contributed by atoms with E-state index < -0.39 is 29.3 Å². The maximum atomic E-state index is 11.8. The molecule has 0 aromatic rings. The summed E-state index contributed by atoms with van der Waals surface area (Å²) in [6.07, 6.45) is 0. The van der Waals surface area contributed by atoms with Crippen LogP contribution in [0.3, 0.4) is 0 Å². The molecule has 3 atom stereocenters. The Morgan fingerprint density at radius 2 is 2.00 bits per heavy atom. The van der Waals surface area contributed by atoms with Crippen molar-refractivity contribution in [3.05, 3.63) is 0 Å². The van der Waals surface area contributed by atoms with E-state index in [2.05, 4.69) is 5.32 Å². The Labute approximate surface area is 100.0 Å². The van der Waals surface area contributed by atoms with E-state index in [0.29, 0.717) is 0 Å². The molecule has 98 valence electrons. The predicted molar refractivity (Wildman–Crippen MR) is 59.3 cm³/mol. The molecule has 1 aliphatic rings. The molecule has 0 heterocycles. The van der Waals surface area contributed by atoms with E-state index in [1.165, 1.54) is 7.11 Å². The highest BCUT2D eigenvalue weighted by atomic mass is 16.5. The highest BCUT2D eigenvalue weighted by Crippen LogP contribution is 2.58. The number of aliphatic hydroxyl groups is 1. The lowest BCUT2D eigenvalue weighted by Crippen LogP contribution is -2.42. The third-order valence-electron chi connectivity index (χ3n) is 3.31. The minimum atomic E-state index is -0.956. The molecule has 3 N–H and O–H groups in total. The lowest BCUT2D eigenvalue weighted by atomic mass is 10.1. The summed E-state index contributed by atoms with van der Waals surface area (Å²) in [7, 11) is 1.47. The van der Waals surface area contributed by atoms with E-state index in [0.717, 1.165) is 0 Å². The molecule has 0 aromatic carbocycles. The molecule has 0 bridgehead atoms. The van der Waals surface area contributed by atoms with Crippen molar-refractivity contribution < 1.29 is 24.5 Å². The summed E-state index contributed by atoms with van der Waals surface area (Å²) in [4.78, 5) is 22.8. The van der Waals surface area contributed by atoms with Crippen LogP contribution in [0, 0.1) is 17.3 Å². The second-order valence-electron chi connectivity index (χ2n) is 4.96. The normalized spacial score (nSPS) is 27.3. The number of ether oxygens (including phenoxy) is 1. The first-order valence-electron chi connectivity index (χ1n) is 5.49. The molecule has 6 heteroatoms. The molecule has 1 saturated carbocycles. The summed E-state index contributed by atoms with van der Waals surface area (Å²) in [5.41, 5.74) is -0.525. The van der Waals surface area contributed by atoms with Crippen LogP contribution in [-0.4, -0.2) is 48.5 Å². The number of aliphatic hydroxyl groups excluding tert-OH is 1. The molecule has 1 rings (SSSR count). The molecule has 1 amide bonds. The number of methoxy groups -OCH3 is 1. The number of carboxylic acid groups (broad SMARTS) is 1. The van der Waals surface area contributed by atoms with Crippen molar-refractivity contribution in [1.82, 2.24) is 5.32 Å². The van der Waals surface area contributed by atoms with Gasteiger partial charge in [-0.25, -0.2) is 0 Å². The van der Waals surface area contributed by atoms with Gasteiger partial charge in [-0.3, -0.25) is 9.59 Å². The summed E-state index contributed by atoms with van der Waals surface area (Å²) in [5, 5.41) is 20.5. The van der Waals surface area contributed by atoms with E-state index in [1.54, 1.807) is 13.8 Å². The average Bonchev–Trinajstić information content (AvgIpc) is 2.81. The van der Waals surface area contributed by atoms with Crippen molar-refractivity contribution in [2.75, 3.05) is 20.3 Å². The molecule has 0 saturated heterocycles. The number of hydrogen-bond donors (Lipinski definition) is 3. The smallest absolute Gasteiger partial charge is 0.307 e. The number of nitrogens with one attached hydrogen (secondary N) is 1. The lowest BCUT2D eigenvalue weighted by molar-refractivity contribution is -0.140. The largest absolute Gasteiger partial charge is 0.481 e. The van der Waals surface area contributed by atoms with Crippen LogP contribution in [0.15, 0.2) is 0 Å². The van der Waals surface area contributed by atoms with Gasteiger partial charge in [-0.15, -0.1) is 0 Å². The third kappa shape index (κ3) is 2.76. The van der Waals surface area contributed by atoms with E-state index >= 15 is 0 Å². The average molecular weight is 245 g/mol. The van der Waals surface area contributed by atoms with Gasteiger partial charge in [0.05, 0.1) is 31.1 Å². The van der Waals surface area contributed by atoms with Gasteiger partial charge in [-0.2, -0.15) is 0 Å². The van der Waals surface area contributed by atoms with Gasteiger partial charge in [-0.1, -0.05) is 13.8 Å². The molecular formula is C11H19NO5. The second-order valence-corrected chi connectivity index (χ2v) is 4.96. The molecular weight excluding hydrogens is 226 g/mol. The Kier molecular flexibility index (Phi) is 4.11. The van der Waals surface area contributed by atoms with Crippen molar-refractivity contribution in [3.63, 3.8) is 0 Å². The number of amides is 1. The maximum absolute atomic E-state index is 11.8. The summed E-state index contributed by atoms with van der Waals surface area (Å²) < 4.78 is 4.83. The Bertz CT molecular complexity index is 315. The second kappa shape index (κ2) is 5.01. The molecule has 0 spiro atoms. The monoisotopic (exact) mass is 245 g/mol. The van der Waals surface area contributed by atoms with Crippen molar-refractivity contribution in [2.45, 2.75) is 19.9 Å². The summed E-state index contributed by atoms with van der Waals surface area (Å²) in [5.74, 6) is -2.48. The van der Waals surface area contributed by atoms with Gasteiger partial charge in [0.25, 0.3) is 0 Å². The van der Waals surface area contributed by atoms with Crippen LogP contribution >= 0.6 is 0 Å². The Hall–Kier alpha value is -1.14. The zero-order valence-corrected chi connectivity index (χ0v) is 10.3. The fraction of sp³-hybridized carbons (Fsp3) is 0.818. The quantitative estimate of drug-likeness (QED) is 0.584. The highest BCUT2D eigenvalue weighted by molar-refractivity contribution is 5.91. The van der Waals surface area contributed by atoms with Crippen LogP contribution in [0.4, 0.5) is 0 Å². The van der Waals surface area contributed by atoms with E-state index in [1.807, 2.05) is 0 Å². The minimum absolute atomic E-state index is 0.202. The summed E-state index contributed by atoms with van der Waals surface area (Å²) >= 11 is 0. The Morgan fingerprint density at radius 1 is 1.41 bits per heavy atom. The molecule has 0 radical (unpaired) electrons.